The van der Waals surface area contributed by atoms with Gasteiger partial charge in [-0.1, -0.05) is 34.8 Å². The Morgan fingerprint density at radius 3 is 2.39 bits per heavy atom. The number of benzene rings is 2. The van der Waals surface area contributed by atoms with Crippen LogP contribution in [0.25, 0.3) is 0 Å². The van der Waals surface area contributed by atoms with Crippen molar-refractivity contribution in [3.05, 3.63) is 61.5 Å². The highest BCUT2D eigenvalue weighted by atomic mass is 79.9. The normalized spacial score (nSPS) is 10.4. The molecule has 2 aromatic carbocycles. The van der Waals surface area contributed by atoms with Crippen LogP contribution in [0.15, 0.2) is 40.9 Å². The van der Waals surface area contributed by atoms with Crippen molar-refractivity contribution in [2.45, 2.75) is 6.54 Å². The maximum atomic E-state index is 6.10. The van der Waals surface area contributed by atoms with Gasteiger partial charge in [0.25, 0.3) is 0 Å². The molecule has 0 aliphatic carbocycles. The van der Waals surface area contributed by atoms with Gasteiger partial charge in [0.2, 0.25) is 0 Å². The third kappa shape index (κ3) is 3.55. The molecule has 2 aromatic rings. The summed E-state index contributed by atoms with van der Waals surface area (Å²) < 4.78 is 0.949. The molecule has 0 aliphatic rings. The summed E-state index contributed by atoms with van der Waals surface area (Å²) >= 11 is 21.4. The molecule has 0 heterocycles. The summed E-state index contributed by atoms with van der Waals surface area (Å²) in [4.78, 5) is 0. The molecular formula is C13H9BrCl3N. The zero-order valence-electron chi connectivity index (χ0n) is 9.18. The lowest BCUT2D eigenvalue weighted by atomic mass is 10.2. The van der Waals surface area contributed by atoms with Gasteiger partial charge in [0.05, 0.1) is 5.69 Å². The molecule has 0 amide bonds. The van der Waals surface area contributed by atoms with Crippen molar-refractivity contribution in [3.8, 4) is 0 Å². The SMILES string of the molecule is Clc1ccc(Cl)c(CNc2cc(Cl)ccc2Br)c1. The van der Waals surface area contributed by atoms with Gasteiger partial charge in [-0.05, 0) is 57.9 Å². The summed E-state index contributed by atoms with van der Waals surface area (Å²) in [5.74, 6) is 0. The van der Waals surface area contributed by atoms with E-state index in [0.717, 1.165) is 15.7 Å². The summed E-state index contributed by atoms with van der Waals surface area (Å²) in [5.41, 5.74) is 1.86. The molecule has 94 valence electrons. The smallest absolute Gasteiger partial charge is 0.0502 e. The number of anilines is 1. The van der Waals surface area contributed by atoms with Crippen molar-refractivity contribution in [1.82, 2.24) is 0 Å². The molecule has 18 heavy (non-hydrogen) atoms. The lowest BCUT2D eigenvalue weighted by Gasteiger charge is -2.10. The van der Waals surface area contributed by atoms with E-state index >= 15 is 0 Å². The first kappa shape index (κ1) is 14.0. The van der Waals surface area contributed by atoms with Gasteiger partial charge < -0.3 is 5.32 Å². The number of nitrogens with one attached hydrogen (secondary N) is 1. The summed E-state index contributed by atoms with van der Waals surface area (Å²) in [5, 5.41) is 5.30. The maximum absolute atomic E-state index is 6.10. The van der Waals surface area contributed by atoms with Crippen molar-refractivity contribution in [2.24, 2.45) is 0 Å². The van der Waals surface area contributed by atoms with E-state index in [1.165, 1.54) is 0 Å². The van der Waals surface area contributed by atoms with Crippen LogP contribution in [0.4, 0.5) is 5.69 Å². The fourth-order valence-corrected chi connectivity index (χ4v) is 2.44. The minimum absolute atomic E-state index is 0.582. The molecule has 0 unspecified atom stereocenters. The molecule has 0 saturated heterocycles. The fourth-order valence-electron chi connectivity index (χ4n) is 1.50. The highest BCUT2D eigenvalue weighted by molar-refractivity contribution is 9.10. The van der Waals surface area contributed by atoms with Crippen molar-refractivity contribution < 1.29 is 0 Å². The average molecular weight is 365 g/mol. The number of hydrogen-bond acceptors (Lipinski definition) is 1. The lowest BCUT2D eigenvalue weighted by Crippen LogP contribution is -2.00. The molecular weight excluding hydrogens is 356 g/mol. The summed E-state index contributed by atoms with van der Waals surface area (Å²) in [7, 11) is 0. The van der Waals surface area contributed by atoms with Crippen LogP contribution in [-0.2, 0) is 6.54 Å². The van der Waals surface area contributed by atoms with Crippen molar-refractivity contribution in [2.75, 3.05) is 5.32 Å². The van der Waals surface area contributed by atoms with E-state index in [4.69, 9.17) is 34.8 Å². The molecule has 0 radical (unpaired) electrons. The van der Waals surface area contributed by atoms with Crippen LogP contribution in [0, 0.1) is 0 Å². The molecule has 2 rings (SSSR count). The minimum Gasteiger partial charge on any atom is -0.380 e. The van der Waals surface area contributed by atoms with E-state index in [9.17, 15) is 0 Å². The molecule has 0 aromatic heterocycles. The second-order valence-corrected chi connectivity index (χ2v) is 5.85. The van der Waals surface area contributed by atoms with E-state index in [1.807, 2.05) is 24.3 Å². The zero-order valence-corrected chi connectivity index (χ0v) is 13.0. The number of hydrogen-bond donors (Lipinski definition) is 1. The second-order valence-electron chi connectivity index (χ2n) is 3.71. The third-order valence-electron chi connectivity index (χ3n) is 2.41. The largest absolute Gasteiger partial charge is 0.380 e. The van der Waals surface area contributed by atoms with E-state index in [2.05, 4.69) is 21.2 Å². The van der Waals surface area contributed by atoms with Crippen molar-refractivity contribution >= 4 is 56.4 Å². The molecule has 0 saturated carbocycles. The van der Waals surface area contributed by atoms with Crippen LogP contribution < -0.4 is 5.32 Å². The topological polar surface area (TPSA) is 12.0 Å². The van der Waals surface area contributed by atoms with Crippen LogP contribution in [0.5, 0.6) is 0 Å². The molecule has 0 atom stereocenters. The maximum Gasteiger partial charge on any atom is 0.0502 e. The number of halogens is 4. The molecule has 5 heteroatoms. The Kier molecular flexibility index (Phi) is 4.79. The van der Waals surface area contributed by atoms with Crippen LogP contribution in [0.3, 0.4) is 0 Å². The molecule has 0 aliphatic heterocycles. The highest BCUT2D eigenvalue weighted by Gasteiger charge is 2.04. The van der Waals surface area contributed by atoms with Crippen LogP contribution >= 0.6 is 50.7 Å². The second kappa shape index (κ2) is 6.16. The minimum atomic E-state index is 0.582. The predicted octanol–water partition coefficient (Wildman–Crippen LogP) is 6.02. The Bertz CT molecular complexity index is 521. The van der Waals surface area contributed by atoms with Gasteiger partial charge in [0.15, 0.2) is 0 Å². The Hall–Kier alpha value is -0.410. The van der Waals surface area contributed by atoms with Gasteiger partial charge in [-0.15, -0.1) is 0 Å². The van der Waals surface area contributed by atoms with Crippen LogP contribution in [-0.4, -0.2) is 0 Å². The van der Waals surface area contributed by atoms with Gasteiger partial charge >= 0.3 is 0 Å². The molecule has 1 N–H and O–H groups in total. The van der Waals surface area contributed by atoms with E-state index in [0.29, 0.717) is 21.6 Å². The van der Waals surface area contributed by atoms with E-state index in [-0.39, 0.29) is 0 Å². The third-order valence-corrected chi connectivity index (χ3v) is 3.94. The first-order valence-electron chi connectivity index (χ1n) is 5.19. The Morgan fingerprint density at radius 1 is 0.944 bits per heavy atom. The van der Waals surface area contributed by atoms with E-state index in [1.54, 1.807) is 12.1 Å². The fraction of sp³-hybridized carbons (Fsp3) is 0.0769. The first-order valence-corrected chi connectivity index (χ1v) is 7.12. The summed E-state index contributed by atoms with van der Waals surface area (Å²) in [6, 6.07) is 11.0. The molecule has 0 fully saturated rings. The molecule has 0 bridgehead atoms. The zero-order chi connectivity index (χ0) is 13.1. The lowest BCUT2D eigenvalue weighted by molar-refractivity contribution is 1.15. The molecule has 0 spiro atoms. The summed E-state index contributed by atoms with van der Waals surface area (Å²) in [6.45, 7) is 0.582. The standard InChI is InChI=1S/C13H9BrCl3N/c14-11-3-1-10(16)6-13(11)18-7-8-5-9(15)2-4-12(8)17/h1-6,18H,7H2. The van der Waals surface area contributed by atoms with Gasteiger partial charge in [-0.3, -0.25) is 0 Å². The van der Waals surface area contributed by atoms with Crippen LogP contribution in [0.1, 0.15) is 5.56 Å². The van der Waals surface area contributed by atoms with Gasteiger partial charge in [0.1, 0.15) is 0 Å². The van der Waals surface area contributed by atoms with Crippen molar-refractivity contribution in [1.29, 1.82) is 0 Å². The monoisotopic (exact) mass is 363 g/mol. The Labute approximate surface area is 129 Å². The van der Waals surface area contributed by atoms with Gasteiger partial charge in [-0.2, -0.15) is 0 Å². The van der Waals surface area contributed by atoms with Crippen LogP contribution in [0.2, 0.25) is 15.1 Å². The molecule has 1 nitrogen and oxygen atoms in total. The predicted molar refractivity (Wildman–Crippen MR) is 82.9 cm³/mol. The Balaban J connectivity index is 2.16. The first-order chi connectivity index (χ1) is 8.56. The summed E-state index contributed by atoms with van der Waals surface area (Å²) in [6.07, 6.45) is 0. The highest BCUT2D eigenvalue weighted by Crippen LogP contribution is 2.27. The van der Waals surface area contributed by atoms with Gasteiger partial charge in [-0.25, -0.2) is 0 Å². The Morgan fingerprint density at radius 2 is 1.61 bits per heavy atom. The number of rotatable bonds is 3. The van der Waals surface area contributed by atoms with Crippen molar-refractivity contribution in [3.63, 3.8) is 0 Å². The quantitative estimate of drug-likeness (QED) is 0.701. The van der Waals surface area contributed by atoms with E-state index < -0.39 is 0 Å². The van der Waals surface area contributed by atoms with Gasteiger partial charge in [0, 0.05) is 26.1 Å². The average Bonchev–Trinajstić information content (AvgIpc) is 2.34.